The summed E-state index contributed by atoms with van der Waals surface area (Å²) < 4.78 is 0. The van der Waals surface area contributed by atoms with Crippen LogP contribution in [0.3, 0.4) is 0 Å². The quantitative estimate of drug-likeness (QED) is 0.654. The van der Waals surface area contributed by atoms with Crippen molar-refractivity contribution >= 4 is 23.4 Å². The first kappa shape index (κ1) is 8.86. The van der Waals surface area contributed by atoms with Crippen LogP contribution in [0.5, 0.6) is 0 Å². The van der Waals surface area contributed by atoms with Crippen molar-refractivity contribution in [2.45, 2.75) is 0 Å². The summed E-state index contributed by atoms with van der Waals surface area (Å²) in [4.78, 5) is 18.8. The Hall–Kier alpha value is -1.23. The van der Waals surface area contributed by atoms with Crippen molar-refractivity contribution in [3.63, 3.8) is 0 Å². The first-order valence-corrected chi connectivity index (χ1v) is 3.62. The van der Waals surface area contributed by atoms with Gasteiger partial charge < -0.3 is 10.6 Å². The van der Waals surface area contributed by atoms with Crippen LogP contribution in [0.15, 0.2) is 4.79 Å². The fourth-order valence-electron chi connectivity index (χ4n) is 0.760. The van der Waals surface area contributed by atoms with Crippen LogP contribution in [0, 0.1) is 0 Å². The minimum Gasteiger partial charge on any atom is -0.369 e. The largest absolute Gasteiger partial charge is 0.369 e. The summed E-state index contributed by atoms with van der Waals surface area (Å²) in [6, 6.07) is 0. The van der Waals surface area contributed by atoms with Gasteiger partial charge in [-0.3, -0.25) is 9.78 Å². The van der Waals surface area contributed by atoms with Gasteiger partial charge in [0.15, 0.2) is 5.82 Å². The monoisotopic (exact) mass is 188 g/mol. The predicted molar refractivity (Wildman–Crippen MR) is 48.6 cm³/mol. The van der Waals surface area contributed by atoms with Crippen LogP contribution >= 0.6 is 11.6 Å². The van der Waals surface area contributed by atoms with E-state index >= 15 is 0 Å². The standard InChI is InChI=1S/C6H9ClN4O/c1-11(2)4-3(7)5(12)10-6(8)9-4/h1-2H3,(H3,8,9,10,12). The van der Waals surface area contributed by atoms with Gasteiger partial charge >= 0.3 is 0 Å². The van der Waals surface area contributed by atoms with Gasteiger partial charge in [-0.15, -0.1) is 0 Å². The highest BCUT2D eigenvalue weighted by Gasteiger charge is 2.08. The number of aromatic amines is 1. The molecule has 0 saturated heterocycles. The van der Waals surface area contributed by atoms with Crippen LogP contribution in [0.2, 0.25) is 5.02 Å². The Kier molecular flexibility index (Phi) is 2.23. The zero-order valence-corrected chi connectivity index (χ0v) is 7.51. The molecule has 1 aromatic rings. The summed E-state index contributed by atoms with van der Waals surface area (Å²) in [7, 11) is 3.46. The van der Waals surface area contributed by atoms with E-state index in [1.54, 1.807) is 19.0 Å². The molecule has 6 heteroatoms. The highest BCUT2D eigenvalue weighted by atomic mass is 35.5. The van der Waals surface area contributed by atoms with Gasteiger partial charge in [0.05, 0.1) is 0 Å². The SMILES string of the molecule is CN(C)c1nc(N)[nH]c(=O)c1Cl. The molecular weight excluding hydrogens is 180 g/mol. The molecule has 0 unspecified atom stereocenters. The molecule has 0 bridgehead atoms. The van der Waals surface area contributed by atoms with E-state index in [9.17, 15) is 4.79 Å². The molecule has 0 aliphatic heterocycles. The van der Waals surface area contributed by atoms with Crippen molar-refractivity contribution in [1.29, 1.82) is 0 Å². The summed E-state index contributed by atoms with van der Waals surface area (Å²) in [5.74, 6) is 0.436. The van der Waals surface area contributed by atoms with Crippen molar-refractivity contribution in [3.05, 3.63) is 15.4 Å². The second kappa shape index (κ2) is 3.02. The van der Waals surface area contributed by atoms with Crippen LogP contribution < -0.4 is 16.2 Å². The number of anilines is 2. The maximum atomic E-state index is 11.0. The summed E-state index contributed by atoms with van der Waals surface area (Å²) in [6.07, 6.45) is 0. The van der Waals surface area contributed by atoms with E-state index in [-0.39, 0.29) is 11.0 Å². The van der Waals surface area contributed by atoms with Gasteiger partial charge in [0, 0.05) is 14.1 Å². The Morgan fingerprint density at radius 1 is 1.58 bits per heavy atom. The van der Waals surface area contributed by atoms with Crippen molar-refractivity contribution in [1.82, 2.24) is 9.97 Å². The zero-order chi connectivity index (χ0) is 9.30. The third kappa shape index (κ3) is 1.50. The van der Waals surface area contributed by atoms with Crippen molar-refractivity contribution < 1.29 is 0 Å². The number of hydrogen-bond donors (Lipinski definition) is 2. The lowest BCUT2D eigenvalue weighted by Gasteiger charge is -2.11. The maximum Gasteiger partial charge on any atom is 0.273 e. The highest BCUT2D eigenvalue weighted by molar-refractivity contribution is 6.32. The van der Waals surface area contributed by atoms with Gasteiger partial charge in [-0.05, 0) is 0 Å². The molecule has 0 radical (unpaired) electrons. The maximum absolute atomic E-state index is 11.0. The molecule has 1 aromatic heterocycles. The van der Waals surface area contributed by atoms with Crippen LogP contribution in [0.4, 0.5) is 11.8 Å². The number of hydrogen-bond acceptors (Lipinski definition) is 4. The molecule has 1 heterocycles. The molecule has 0 spiro atoms. The first-order chi connectivity index (χ1) is 5.52. The van der Waals surface area contributed by atoms with Gasteiger partial charge in [0.25, 0.3) is 5.56 Å². The van der Waals surface area contributed by atoms with Crippen molar-refractivity contribution in [2.75, 3.05) is 24.7 Å². The second-order valence-electron chi connectivity index (χ2n) is 2.48. The van der Waals surface area contributed by atoms with Gasteiger partial charge in [-0.2, -0.15) is 4.98 Å². The Morgan fingerprint density at radius 2 is 2.17 bits per heavy atom. The predicted octanol–water partition coefficient (Wildman–Crippen LogP) is 0.0715. The minimum absolute atomic E-state index is 0.0502. The molecule has 5 nitrogen and oxygen atoms in total. The molecule has 0 aromatic carbocycles. The lowest BCUT2D eigenvalue weighted by molar-refractivity contribution is 1.03. The normalized spacial score (nSPS) is 9.92. The van der Waals surface area contributed by atoms with E-state index < -0.39 is 5.56 Å². The second-order valence-corrected chi connectivity index (χ2v) is 2.86. The van der Waals surface area contributed by atoms with Crippen molar-refractivity contribution in [2.24, 2.45) is 0 Å². The molecule has 0 aliphatic rings. The molecule has 0 aliphatic carbocycles. The lowest BCUT2D eigenvalue weighted by Crippen LogP contribution is -2.19. The lowest BCUT2D eigenvalue weighted by atomic mass is 10.5. The third-order valence-corrected chi connectivity index (χ3v) is 1.63. The molecule has 0 atom stereocenters. The van der Waals surface area contributed by atoms with Crippen LogP contribution in [0.1, 0.15) is 0 Å². The number of nitrogen functional groups attached to an aromatic ring is 1. The summed E-state index contributed by atoms with van der Waals surface area (Å²) in [5.41, 5.74) is 4.89. The third-order valence-electron chi connectivity index (χ3n) is 1.29. The number of rotatable bonds is 1. The van der Waals surface area contributed by atoms with E-state index in [1.807, 2.05) is 0 Å². The average Bonchev–Trinajstić information content (AvgIpc) is 1.96. The number of aromatic nitrogens is 2. The van der Waals surface area contributed by atoms with E-state index in [0.717, 1.165) is 0 Å². The molecule has 0 fully saturated rings. The summed E-state index contributed by atoms with van der Waals surface area (Å²) in [6.45, 7) is 0. The minimum atomic E-state index is -0.423. The number of halogens is 1. The molecular formula is C6H9ClN4O. The van der Waals surface area contributed by atoms with Crippen LogP contribution in [-0.2, 0) is 0 Å². The molecule has 66 valence electrons. The highest BCUT2D eigenvalue weighted by Crippen LogP contribution is 2.16. The Labute approximate surface area is 74.2 Å². The fourth-order valence-corrected chi connectivity index (χ4v) is 1.02. The van der Waals surface area contributed by atoms with Gasteiger partial charge in [-0.25, -0.2) is 0 Å². The zero-order valence-electron chi connectivity index (χ0n) is 6.76. The van der Waals surface area contributed by atoms with Crippen LogP contribution in [-0.4, -0.2) is 24.1 Å². The Balaban J connectivity index is 3.38. The number of nitrogens with two attached hydrogens (primary N) is 1. The molecule has 0 amide bonds. The van der Waals surface area contributed by atoms with E-state index in [1.165, 1.54) is 0 Å². The van der Waals surface area contributed by atoms with E-state index in [0.29, 0.717) is 5.82 Å². The number of nitrogens with zero attached hydrogens (tertiary/aromatic N) is 2. The smallest absolute Gasteiger partial charge is 0.273 e. The van der Waals surface area contributed by atoms with Crippen LogP contribution in [0.25, 0.3) is 0 Å². The molecule has 12 heavy (non-hydrogen) atoms. The summed E-state index contributed by atoms with van der Waals surface area (Å²) >= 11 is 5.66. The number of H-pyrrole nitrogens is 1. The molecule has 1 rings (SSSR count). The van der Waals surface area contributed by atoms with E-state index in [2.05, 4.69) is 9.97 Å². The summed E-state index contributed by atoms with van der Waals surface area (Å²) in [5, 5.41) is 0.0502. The molecule has 0 saturated carbocycles. The van der Waals surface area contributed by atoms with Crippen molar-refractivity contribution in [3.8, 4) is 0 Å². The van der Waals surface area contributed by atoms with Gasteiger partial charge in [0.1, 0.15) is 5.02 Å². The van der Waals surface area contributed by atoms with Gasteiger partial charge in [0.2, 0.25) is 5.95 Å². The Bertz CT molecular complexity index is 346. The first-order valence-electron chi connectivity index (χ1n) is 3.25. The number of nitrogens with one attached hydrogen (secondary N) is 1. The average molecular weight is 189 g/mol. The Morgan fingerprint density at radius 3 is 2.67 bits per heavy atom. The van der Waals surface area contributed by atoms with E-state index in [4.69, 9.17) is 17.3 Å². The topological polar surface area (TPSA) is 75.0 Å². The fraction of sp³-hybridized carbons (Fsp3) is 0.333. The van der Waals surface area contributed by atoms with Gasteiger partial charge in [-0.1, -0.05) is 11.6 Å². The molecule has 3 N–H and O–H groups in total.